The van der Waals surface area contributed by atoms with Gasteiger partial charge in [0.25, 0.3) is 0 Å². The van der Waals surface area contributed by atoms with Crippen LogP contribution in [0.15, 0.2) is 54.6 Å². The second-order valence-corrected chi connectivity index (χ2v) is 5.56. The van der Waals surface area contributed by atoms with E-state index in [0.29, 0.717) is 0 Å². The second kappa shape index (κ2) is 5.03. The SMILES string of the molecule is CNc1c(C(N)c2ccccc2)sc2ccccc12. The largest absolute Gasteiger partial charge is 0.387 e. The van der Waals surface area contributed by atoms with E-state index < -0.39 is 0 Å². The third-order valence-electron chi connectivity index (χ3n) is 3.31. The summed E-state index contributed by atoms with van der Waals surface area (Å²) >= 11 is 1.76. The molecule has 3 aromatic rings. The van der Waals surface area contributed by atoms with Gasteiger partial charge in [-0.05, 0) is 11.6 Å². The summed E-state index contributed by atoms with van der Waals surface area (Å²) in [5, 5.41) is 4.55. The van der Waals surface area contributed by atoms with Crippen molar-refractivity contribution < 1.29 is 0 Å². The van der Waals surface area contributed by atoms with Gasteiger partial charge in [0, 0.05) is 17.1 Å². The number of nitrogens with two attached hydrogens (primary N) is 1. The summed E-state index contributed by atoms with van der Waals surface area (Å²) in [6, 6.07) is 18.6. The Bertz CT molecular complexity index is 688. The van der Waals surface area contributed by atoms with Crippen LogP contribution in [0.5, 0.6) is 0 Å². The fourth-order valence-electron chi connectivity index (χ4n) is 2.35. The molecule has 3 heteroatoms. The third-order valence-corrected chi connectivity index (χ3v) is 4.57. The lowest BCUT2D eigenvalue weighted by Gasteiger charge is -2.12. The summed E-state index contributed by atoms with van der Waals surface area (Å²) in [6.07, 6.45) is 0. The van der Waals surface area contributed by atoms with E-state index in [-0.39, 0.29) is 6.04 Å². The van der Waals surface area contributed by atoms with Crippen LogP contribution < -0.4 is 11.1 Å². The third kappa shape index (κ3) is 2.11. The number of anilines is 1. The highest BCUT2D eigenvalue weighted by atomic mass is 32.1. The van der Waals surface area contributed by atoms with E-state index in [2.05, 4.69) is 41.7 Å². The summed E-state index contributed by atoms with van der Waals surface area (Å²) in [5.41, 5.74) is 8.72. The zero-order valence-corrected chi connectivity index (χ0v) is 11.6. The fourth-order valence-corrected chi connectivity index (χ4v) is 3.59. The van der Waals surface area contributed by atoms with E-state index in [0.717, 1.165) is 11.3 Å². The molecule has 0 bridgehead atoms. The molecule has 0 radical (unpaired) electrons. The van der Waals surface area contributed by atoms with Crippen molar-refractivity contribution in [3.05, 3.63) is 65.0 Å². The first-order valence-corrected chi connectivity index (χ1v) is 7.12. The second-order valence-electron chi connectivity index (χ2n) is 4.48. The Balaban J connectivity index is 2.14. The summed E-state index contributed by atoms with van der Waals surface area (Å²) in [5.74, 6) is 0. The zero-order chi connectivity index (χ0) is 13.2. The number of fused-ring (bicyclic) bond motifs is 1. The molecule has 3 N–H and O–H groups in total. The topological polar surface area (TPSA) is 38.0 Å². The highest BCUT2D eigenvalue weighted by Gasteiger charge is 2.17. The maximum Gasteiger partial charge on any atom is 0.0667 e. The molecule has 1 heterocycles. The maximum absolute atomic E-state index is 6.43. The number of thiophene rings is 1. The number of benzene rings is 2. The van der Waals surface area contributed by atoms with Crippen molar-refractivity contribution >= 4 is 27.1 Å². The lowest BCUT2D eigenvalue weighted by Crippen LogP contribution is -2.11. The van der Waals surface area contributed by atoms with Gasteiger partial charge in [-0.1, -0.05) is 48.5 Å². The molecule has 0 amide bonds. The van der Waals surface area contributed by atoms with Crippen molar-refractivity contribution in [3.8, 4) is 0 Å². The van der Waals surface area contributed by atoms with Crippen molar-refractivity contribution in [1.82, 2.24) is 0 Å². The van der Waals surface area contributed by atoms with Crippen molar-refractivity contribution in [3.63, 3.8) is 0 Å². The minimum absolute atomic E-state index is 0.0824. The van der Waals surface area contributed by atoms with Gasteiger partial charge in [0.1, 0.15) is 0 Å². The number of hydrogen-bond donors (Lipinski definition) is 2. The molecule has 0 spiro atoms. The first-order chi connectivity index (χ1) is 9.31. The Morgan fingerprint density at radius 3 is 2.42 bits per heavy atom. The van der Waals surface area contributed by atoms with Crippen LogP contribution in [0, 0.1) is 0 Å². The summed E-state index contributed by atoms with van der Waals surface area (Å²) in [7, 11) is 1.95. The molecule has 1 unspecified atom stereocenters. The van der Waals surface area contributed by atoms with Gasteiger partial charge in [-0.15, -0.1) is 11.3 Å². The first-order valence-electron chi connectivity index (χ1n) is 6.31. The molecule has 0 aliphatic heterocycles. The lowest BCUT2D eigenvalue weighted by molar-refractivity contribution is 0.895. The van der Waals surface area contributed by atoms with E-state index in [4.69, 9.17) is 5.73 Å². The Hall–Kier alpha value is -1.84. The molecule has 1 atom stereocenters. The van der Waals surface area contributed by atoms with Crippen LogP contribution in [-0.4, -0.2) is 7.05 Å². The van der Waals surface area contributed by atoms with Crippen molar-refractivity contribution in [2.24, 2.45) is 5.73 Å². The van der Waals surface area contributed by atoms with Gasteiger partial charge in [-0.25, -0.2) is 0 Å². The maximum atomic E-state index is 6.43. The molecule has 0 saturated carbocycles. The molecule has 19 heavy (non-hydrogen) atoms. The van der Waals surface area contributed by atoms with Gasteiger partial charge < -0.3 is 11.1 Å². The summed E-state index contributed by atoms with van der Waals surface area (Å²) < 4.78 is 1.27. The van der Waals surface area contributed by atoms with E-state index in [1.807, 2.05) is 25.2 Å². The highest BCUT2D eigenvalue weighted by Crippen LogP contribution is 2.40. The highest BCUT2D eigenvalue weighted by molar-refractivity contribution is 7.19. The predicted octanol–water partition coefficient (Wildman–Crippen LogP) is 3.99. The molecule has 2 nitrogen and oxygen atoms in total. The molecule has 0 aliphatic rings. The van der Waals surface area contributed by atoms with E-state index >= 15 is 0 Å². The standard InChI is InChI=1S/C16H16N2S/c1-18-15-12-9-5-6-10-13(12)19-16(15)14(17)11-7-3-2-4-8-11/h2-10,14,18H,17H2,1H3. The van der Waals surface area contributed by atoms with Crippen LogP contribution in [0.3, 0.4) is 0 Å². The molecule has 0 aliphatic carbocycles. The van der Waals surface area contributed by atoms with Gasteiger partial charge in [0.15, 0.2) is 0 Å². The van der Waals surface area contributed by atoms with Gasteiger partial charge in [-0.2, -0.15) is 0 Å². The van der Waals surface area contributed by atoms with Crippen LogP contribution in [0.25, 0.3) is 10.1 Å². The summed E-state index contributed by atoms with van der Waals surface area (Å²) in [4.78, 5) is 1.19. The lowest BCUT2D eigenvalue weighted by atomic mass is 10.0. The minimum Gasteiger partial charge on any atom is -0.387 e. The van der Waals surface area contributed by atoms with Crippen molar-refractivity contribution in [1.29, 1.82) is 0 Å². The van der Waals surface area contributed by atoms with E-state index in [1.54, 1.807) is 11.3 Å². The van der Waals surface area contributed by atoms with Crippen LogP contribution in [0.4, 0.5) is 5.69 Å². The van der Waals surface area contributed by atoms with E-state index in [1.165, 1.54) is 15.0 Å². The molecule has 2 aromatic carbocycles. The van der Waals surface area contributed by atoms with Crippen LogP contribution in [0.2, 0.25) is 0 Å². The van der Waals surface area contributed by atoms with Crippen LogP contribution >= 0.6 is 11.3 Å². The molecule has 96 valence electrons. The monoisotopic (exact) mass is 268 g/mol. The van der Waals surface area contributed by atoms with E-state index in [9.17, 15) is 0 Å². The fraction of sp³-hybridized carbons (Fsp3) is 0.125. The predicted molar refractivity (Wildman–Crippen MR) is 83.8 cm³/mol. The molecule has 0 saturated heterocycles. The molecular weight excluding hydrogens is 252 g/mol. The normalized spacial score (nSPS) is 12.5. The van der Waals surface area contributed by atoms with Gasteiger partial charge in [0.2, 0.25) is 0 Å². The number of rotatable bonds is 3. The Labute approximate surface area is 116 Å². The average Bonchev–Trinajstić information content (AvgIpc) is 2.85. The number of nitrogens with one attached hydrogen (secondary N) is 1. The summed E-state index contributed by atoms with van der Waals surface area (Å²) in [6.45, 7) is 0. The first kappa shape index (κ1) is 12.2. The Morgan fingerprint density at radius 1 is 1.00 bits per heavy atom. The molecule has 3 rings (SSSR count). The average molecular weight is 268 g/mol. The van der Waals surface area contributed by atoms with Gasteiger partial charge >= 0.3 is 0 Å². The van der Waals surface area contributed by atoms with Gasteiger partial charge in [-0.3, -0.25) is 0 Å². The Kier molecular flexibility index (Phi) is 3.23. The van der Waals surface area contributed by atoms with Crippen LogP contribution in [0.1, 0.15) is 16.5 Å². The molecule has 1 aromatic heterocycles. The smallest absolute Gasteiger partial charge is 0.0667 e. The molecule has 0 fully saturated rings. The quantitative estimate of drug-likeness (QED) is 0.753. The number of hydrogen-bond acceptors (Lipinski definition) is 3. The van der Waals surface area contributed by atoms with Crippen LogP contribution in [-0.2, 0) is 0 Å². The minimum atomic E-state index is -0.0824. The van der Waals surface area contributed by atoms with Crippen molar-refractivity contribution in [2.45, 2.75) is 6.04 Å². The Morgan fingerprint density at radius 2 is 1.68 bits per heavy atom. The zero-order valence-electron chi connectivity index (χ0n) is 10.8. The van der Waals surface area contributed by atoms with Crippen molar-refractivity contribution in [2.75, 3.05) is 12.4 Å². The van der Waals surface area contributed by atoms with Gasteiger partial charge in [0.05, 0.1) is 16.6 Å². The molecular formula is C16H16N2S.